The Morgan fingerprint density at radius 2 is 2.29 bits per heavy atom. The van der Waals surface area contributed by atoms with Gasteiger partial charge in [0.15, 0.2) is 0 Å². The van der Waals surface area contributed by atoms with Crippen LogP contribution in [-0.2, 0) is 4.74 Å². The second kappa shape index (κ2) is 7.31. The lowest BCUT2D eigenvalue weighted by Crippen LogP contribution is -2.48. The largest absolute Gasteiger partial charge is 0.394 e. The topological polar surface area (TPSA) is 44.7 Å². The molecule has 2 N–H and O–H groups in total. The van der Waals surface area contributed by atoms with Crippen LogP contribution < -0.4 is 5.32 Å². The van der Waals surface area contributed by atoms with E-state index in [4.69, 9.17) is 4.74 Å². The minimum Gasteiger partial charge on any atom is -0.394 e. The highest BCUT2D eigenvalue weighted by molar-refractivity contribution is 4.98. The smallest absolute Gasteiger partial charge is 0.0613 e. The molecule has 1 rings (SSSR count). The van der Waals surface area contributed by atoms with Crippen LogP contribution >= 0.6 is 0 Å². The minimum absolute atomic E-state index is 0.0397. The van der Waals surface area contributed by atoms with Gasteiger partial charge in [-0.1, -0.05) is 6.92 Å². The van der Waals surface area contributed by atoms with E-state index in [1.165, 1.54) is 0 Å². The Balaban J connectivity index is 2.42. The molecule has 102 valence electrons. The highest BCUT2D eigenvalue weighted by atomic mass is 16.5. The molecule has 0 aliphatic heterocycles. The number of nitrogens with one attached hydrogen (secondary N) is 1. The van der Waals surface area contributed by atoms with Gasteiger partial charge in [-0.3, -0.25) is 0 Å². The summed E-state index contributed by atoms with van der Waals surface area (Å²) in [5, 5.41) is 13.1. The maximum atomic E-state index is 9.61. The molecule has 0 amide bonds. The molecule has 1 saturated carbocycles. The first kappa shape index (κ1) is 14.9. The fourth-order valence-corrected chi connectivity index (χ4v) is 2.64. The number of aliphatic hydroxyl groups excluding tert-OH is 1. The molecule has 2 unspecified atom stereocenters. The van der Waals surface area contributed by atoms with E-state index < -0.39 is 0 Å². The van der Waals surface area contributed by atoms with Gasteiger partial charge in [0.25, 0.3) is 0 Å². The molecule has 0 aromatic carbocycles. The van der Waals surface area contributed by atoms with Gasteiger partial charge in [0.1, 0.15) is 0 Å². The number of methoxy groups -OCH3 is 1. The first-order chi connectivity index (χ1) is 8.17. The van der Waals surface area contributed by atoms with E-state index in [9.17, 15) is 5.11 Å². The van der Waals surface area contributed by atoms with Crippen LogP contribution in [0.15, 0.2) is 0 Å². The zero-order valence-electron chi connectivity index (χ0n) is 11.5. The molecule has 0 radical (unpaired) electrons. The van der Waals surface area contributed by atoms with Crippen molar-refractivity contribution in [1.82, 2.24) is 10.2 Å². The summed E-state index contributed by atoms with van der Waals surface area (Å²) in [6, 6.07) is 0.571. The van der Waals surface area contributed by atoms with E-state index in [0.29, 0.717) is 6.04 Å². The first-order valence-electron chi connectivity index (χ1n) is 6.72. The third kappa shape index (κ3) is 4.21. The van der Waals surface area contributed by atoms with Crippen molar-refractivity contribution in [3.8, 4) is 0 Å². The summed E-state index contributed by atoms with van der Waals surface area (Å²) >= 11 is 0. The third-order valence-electron chi connectivity index (χ3n) is 3.91. The SMILES string of the molecule is CCCNC1(CO)CCC(N(C)CCOC)C1. The molecule has 17 heavy (non-hydrogen) atoms. The van der Waals surface area contributed by atoms with E-state index in [1.54, 1.807) is 7.11 Å². The van der Waals surface area contributed by atoms with Gasteiger partial charge in [0.2, 0.25) is 0 Å². The third-order valence-corrected chi connectivity index (χ3v) is 3.91. The van der Waals surface area contributed by atoms with Crippen molar-refractivity contribution < 1.29 is 9.84 Å². The molecule has 1 fully saturated rings. The summed E-state index contributed by atoms with van der Waals surface area (Å²) in [7, 11) is 3.89. The minimum atomic E-state index is -0.0397. The molecule has 1 aliphatic rings. The van der Waals surface area contributed by atoms with E-state index in [2.05, 4.69) is 24.2 Å². The molecule has 4 heteroatoms. The van der Waals surface area contributed by atoms with Gasteiger partial charge in [0.05, 0.1) is 13.2 Å². The lowest BCUT2D eigenvalue weighted by Gasteiger charge is -2.30. The molecule has 0 heterocycles. The quantitative estimate of drug-likeness (QED) is 0.664. The molecule has 0 saturated heterocycles. The van der Waals surface area contributed by atoms with Gasteiger partial charge in [-0.05, 0) is 39.3 Å². The summed E-state index contributed by atoms with van der Waals surface area (Å²) in [6.45, 7) is 5.16. The number of aliphatic hydroxyl groups is 1. The van der Waals surface area contributed by atoms with Crippen LogP contribution in [0.25, 0.3) is 0 Å². The van der Waals surface area contributed by atoms with Crippen molar-refractivity contribution >= 4 is 0 Å². The Morgan fingerprint density at radius 1 is 1.53 bits per heavy atom. The van der Waals surface area contributed by atoms with Crippen molar-refractivity contribution in [1.29, 1.82) is 0 Å². The molecule has 2 atom stereocenters. The molecule has 1 aliphatic carbocycles. The summed E-state index contributed by atoms with van der Waals surface area (Å²) in [6.07, 6.45) is 4.40. The van der Waals surface area contributed by atoms with Gasteiger partial charge in [0, 0.05) is 25.2 Å². The summed E-state index contributed by atoms with van der Waals surface area (Å²) in [4.78, 5) is 2.36. The molecular weight excluding hydrogens is 216 g/mol. The van der Waals surface area contributed by atoms with Gasteiger partial charge in [-0.15, -0.1) is 0 Å². The van der Waals surface area contributed by atoms with Crippen LogP contribution in [0, 0.1) is 0 Å². The number of hydrogen-bond acceptors (Lipinski definition) is 4. The molecule has 0 spiro atoms. The van der Waals surface area contributed by atoms with E-state index in [1.807, 2.05) is 0 Å². The lowest BCUT2D eigenvalue weighted by molar-refractivity contribution is 0.125. The standard InChI is InChI=1S/C13H28N2O2/c1-4-7-14-13(11-16)6-5-12(10-13)15(2)8-9-17-3/h12,14,16H,4-11H2,1-3H3. The van der Waals surface area contributed by atoms with E-state index >= 15 is 0 Å². The van der Waals surface area contributed by atoms with Gasteiger partial charge >= 0.3 is 0 Å². The highest BCUT2D eigenvalue weighted by Crippen LogP contribution is 2.32. The maximum absolute atomic E-state index is 9.61. The molecule has 4 nitrogen and oxygen atoms in total. The summed E-state index contributed by atoms with van der Waals surface area (Å²) in [5.74, 6) is 0. The van der Waals surface area contributed by atoms with Crippen molar-refractivity contribution in [2.24, 2.45) is 0 Å². The van der Waals surface area contributed by atoms with Crippen molar-refractivity contribution in [3.05, 3.63) is 0 Å². The zero-order chi connectivity index (χ0) is 12.7. The monoisotopic (exact) mass is 244 g/mol. The number of rotatable bonds is 8. The molecule has 0 aromatic heterocycles. The maximum Gasteiger partial charge on any atom is 0.0613 e. The average molecular weight is 244 g/mol. The predicted molar refractivity (Wildman–Crippen MR) is 70.3 cm³/mol. The van der Waals surface area contributed by atoms with Crippen molar-refractivity contribution in [2.75, 3.05) is 40.5 Å². The molecule has 0 aromatic rings. The summed E-state index contributed by atoms with van der Waals surface area (Å²) in [5.41, 5.74) is -0.0397. The fraction of sp³-hybridized carbons (Fsp3) is 1.00. The van der Waals surface area contributed by atoms with E-state index in [0.717, 1.165) is 45.4 Å². The Kier molecular flexibility index (Phi) is 6.41. The Bertz CT molecular complexity index is 214. The van der Waals surface area contributed by atoms with Crippen LogP contribution in [0.3, 0.4) is 0 Å². The second-order valence-corrected chi connectivity index (χ2v) is 5.24. The van der Waals surface area contributed by atoms with Crippen molar-refractivity contribution in [2.45, 2.75) is 44.2 Å². The van der Waals surface area contributed by atoms with Crippen LogP contribution in [0.2, 0.25) is 0 Å². The van der Waals surface area contributed by atoms with Gasteiger partial charge in [-0.2, -0.15) is 0 Å². The molecule has 0 bridgehead atoms. The molecular formula is C13H28N2O2. The van der Waals surface area contributed by atoms with Crippen LogP contribution in [0.1, 0.15) is 32.6 Å². The Morgan fingerprint density at radius 3 is 2.88 bits per heavy atom. The van der Waals surface area contributed by atoms with Gasteiger partial charge in [-0.25, -0.2) is 0 Å². The lowest BCUT2D eigenvalue weighted by atomic mass is 9.98. The first-order valence-corrected chi connectivity index (χ1v) is 6.72. The van der Waals surface area contributed by atoms with E-state index in [-0.39, 0.29) is 12.1 Å². The van der Waals surface area contributed by atoms with Crippen molar-refractivity contribution in [3.63, 3.8) is 0 Å². The Labute approximate surface area is 105 Å². The average Bonchev–Trinajstić information content (AvgIpc) is 2.78. The number of hydrogen-bond donors (Lipinski definition) is 2. The Hall–Kier alpha value is -0.160. The normalized spacial score (nSPS) is 29.1. The number of likely N-dealkylation sites (N-methyl/N-ethyl adjacent to an activating group) is 1. The van der Waals surface area contributed by atoms with Gasteiger partial charge < -0.3 is 20.1 Å². The second-order valence-electron chi connectivity index (χ2n) is 5.24. The highest BCUT2D eigenvalue weighted by Gasteiger charge is 2.39. The fourth-order valence-electron chi connectivity index (χ4n) is 2.64. The number of nitrogens with zero attached hydrogens (tertiary/aromatic N) is 1. The zero-order valence-corrected chi connectivity index (χ0v) is 11.5. The number of ether oxygens (including phenoxy) is 1. The van der Waals surface area contributed by atoms with Crippen LogP contribution in [0.5, 0.6) is 0 Å². The summed E-state index contributed by atoms with van der Waals surface area (Å²) < 4.78 is 5.11. The van der Waals surface area contributed by atoms with Crippen LogP contribution in [0.4, 0.5) is 0 Å². The predicted octanol–water partition coefficient (Wildman–Crippen LogP) is 0.848. The van der Waals surface area contributed by atoms with Crippen LogP contribution in [-0.4, -0.2) is 62.0 Å².